The van der Waals surface area contributed by atoms with E-state index in [-0.39, 0.29) is 17.3 Å². The number of carbonyl (C=O) groups is 1. The quantitative estimate of drug-likeness (QED) is 0.474. The van der Waals surface area contributed by atoms with E-state index in [9.17, 15) is 13.2 Å². The van der Waals surface area contributed by atoms with Crippen LogP contribution in [-0.4, -0.2) is 28.0 Å². The Balaban J connectivity index is 1.52. The number of methoxy groups -OCH3 is 1. The number of ether oxygens (including phenoxy) is 1. The Morgan fingerprint density at radius 1 is 0.903 bits per heavy atom. The van der Waals surface area contributed by atoms with Crippen LogP contribution in [0.25, 0.3) is 0 Å². The van der Waals surface area contributed by atoms with Crippen LogP contribution in [0.15, 0.2) is 83.8 Å². The Labute approximate surface area is 183 Å². The number of hydrogen-bond acceptors (Lipinski definition) is 4. The molecule has 1 amide bonds. The zero-order valence-corrected chi connectivity index (χ0v) is 18.2. The van der Waals surface area contributed by atoms with Crippen molar-refractivity contribution < 1.29 is 17.9 Å². The summed E-state index contributed by atoms with van der Waals surface area (Å²) in [6.45, 7) is 0.680. The Morgan fingerprint density at radius 3 is 2.35 bits per heavy atom. The van der Waals surface area contributed by atoms with Gasteiger partial charge in [-0.25, -0.2) is 13.1 Å². The Kier molecular flexibility index (Phi) is 7.81. The van der Waals surface area contributed by atoms with Gasteiger partial charge in [0.25, 0.3) is 5.91 Å². The first-order valence-electron chi connectivity index (χ1n) is 10.0. The van der Waals surface area contributed by atoms with E-state index in [0.29, 0.717) is 12.1 Å². The lowest BCUT2D eigenvalue weighted by Gasteiger charge is -2.09. The van der Waals surface area contributed by atoms with Crippen molar-refractivity contribution in [3.05, 3.63) is 95.6 Å². The molecule has 0 saturated carbocycles. The van der Waals surface area contributed by atoms with Gasteiger partial charge < -0.3 is 10.1 Å². The zero-order valence-electron chi connectivity index (χ0n) is 17.4. The molecular formula is C24H26N2O4S. The Bertz CT molecular complexity index is 1100. The Morgan fingerprint density at radius 2 is 1.65 bits per heavy atom. The van der Waals surface area contributed by atoms with Crippen molar-refractivity contribution in [3.63, 3.8) is 0 Å². The first kappa shape index (κ1) is 22.5. The normalized spacial score (nSPS) is 11.1. The van der Waals surface area contributed by atoms with E-state index in [2.05, 4.69) is 10.0 Å². The molecule has 0 aromatic heterocycles. The molecule has 2 N–H and O–H groups in total. The van der Waals surface area contributed by atoms with Crippen LogP contribution >= 0.6 is 0 Å². The van der Waals surface area contributed by atoms with Crippen LogP contribution in [0.5, 0.6) is 5.75 Å². The fourth-order valence-electron chi connectivity index (χ4n) is 3.05. The van der Waals surface area contributed by atoms with E-state index in [1.54, 1.807) is 19.2 Å². The maximum atomic E-state index is 12.6. The van der Waals surface area contributed by atoms with Crippen molar-refractivity contribution in [1.29, 1.82) is 0 Å². The summed E-state index contributed by atoms with van der Waals surface area (Å²) in [6, 6.07) is 23.1. The summed E-state index contributed by atoms with van der Waals surface area (Å²) in [5, 5.41) is 2.85. The highest BCUT2D eigenvalue weighted by molar-refractivity contribution is 7.89. The van der Waals surface area contributed by atoms with Crippen molar-refractivity contribution in [2.75, 3.05) is 13.7 Å². The predicted octanol–water partition coefficient (Wildman–Crippen LogP) is 3.54. The van der Waals surface area contributed by atoms with E-state index < -0.39 is 10.0 Å². The number of aryl methyl sites for hydroxylation is 1. The number of hydrogen-bond donors (Lipinski definition) is 2. The van der Waals surface area contributed by atoms with E-state index >= 15 is 0 Å². The molecule has 0 fully saturated rings. The third-order valence-electron chi connectivity index (χ3n) is 4.80. The number of sulfonamides is 1. The third kappa shape index (κ3) is 6.67. The van der Waals surface area contributed by atoms with Gasteiger partial charge >= 0.3 is 0 Å². The molecule has 162 valence electrons. The van der Waals surface area contributed by atoms with E-state index in [1.807, 2.05) is 54.6 Å². The van der Waals surface area contributed by atoms with Gasteiger partial charge in [-0.15, -0.1) is 0 Å². The van der Waals surface area contributed by atoms with Crippen LogP contribution in [0, 0.1) is 0 Å². The van der Waals surface area contributed by atoms with Crippen molar-refractivity contribution >= 4 is 15.9 Å². The number of amides is 1. The minimum atomic E-state index is -3.72. The second kappa shape index (κ2) is 10.7. The molecular weight excluding hydrogens is 412 g/mol. The molecule has 0 radical (unpaired) electrons. The molecule has 0 heterocycles. The van der Waals surface area contributed by atoms with Crippen LogP contribution in [0.2, 0.25) is 0 Å². The molecule has 0 unspecified atom stereocenters. The van der Waals surface area contributed by atoms with Crippen molar-refractivity contribution in [2.45, 2.75) is 24.3 Å². The molecule has 3 aromatic carbocycles. The van der Waals surface area contributed by atoms with Crippen LogP contribution in [0.3, 0.4) is 0 Å². The fourth-order valence-corrected chi connectivity index (χ4v) is 4.11. The first-order chi connectivity index (χ1) is 15.0. The van der Waals surface area contributed by atoms with E-state index in [1.165, 1.54) is 12.1 Å². The molecule has 3 rings (SSSR count). The molecule has 0 aliphatic carbocycles. The van der Waals surface area contributed by atoms with Gasteiger partial charge in [0.05, 0.1) is 12.0 Å². The topological polar surface area (TPSA) is 84.5 Å². The SMILES string of the molecule is COc1ccc(CCCNC(=O)c2cccc(S(=O)(=O)NCc3ccccc3)c2)cc1. The molecule has 31 heavy (non-hydrogen) atoms. The molecule has 0 aliphatic rings. The van der Waals surface area contributed by atoms with Gasteiger partial charge in [0, 0.05) is 18.7 Å². The lowest BCUT2D eigenvalue weighted by atomic mass is 10.1. The lowest BCUT2D eigenvalue weighted by molar-refractivity contribution is 0.0953. The summed E-state index contributed by atoms with van der Waals surface area (Å²) in [5.41, 5.74) is 2.33. The van der Waals surface area contributed by atoms with Gasteiger partial charge in [0.1, 0.15) is 5.75 Å². The van der Waals surface area contributed by atoms with Gasteiger partial charge in [-0.3, -0.25) is 4.79 Å². The molecule has 3 aromatic rings. The number of rotatable bonds is 10. The summed E-state index contributed by atoms with van der Waals surface area (Å²) >= 11 is 0. The maximum absolute atomic E-state index is 12.6. The summed E-state index contributed by atoms with van der Waals surface area (Å²) in [5.74, 6) is 0.514. The number of nitrogens with one attached hydrogen (secondary N) is 2. The van der Waals surface area contributed by atoms with Crippen molar-refractivity contribution in [3.8, 4) is 5.75 Å². The highest BCUT2D eigenvalue weighted by Gasteiger charge is 2.16. The molecule has 0 spiro atoms. The van der Waals surface area contributed by atoms with Crippen LogP contribution in [-0.2, 0) is 23.0 Å². The fraction of sp³-hybridized carbons (Fsp3) is 0.208. The first-order valence-corrected chi connectivity index (χ1v) is 11.5. The van der Waals surface area contributed by atoms with Crippen molar-refractivity contribution in [2.24, 2.45) is 0 Å². The van der Waals surface area contributed by atoms with E-state index in [0.717, 1.165) is 29.7 Å². The standard InChI is InChI=1S/C24H26N2O4S/c1-30-22-14-12-19(13-15-22)9-6-16-25-24(27)21-10-5-11-23(17-21)31(28,29)26-18-20-7-3-2-4-8-20/h2-5,7-8,10-15,17,26H,6,9,16,18H2,1H3,(H,25,27). The summed E-state index contributed by atoms with van der Waals surface area (Å²) in [6.07, 6.45) is 1.59. The van der Waals surface area contributed by atoms with Crippen LogP contribution in [0.1, 0.15) is 27.9 Å². The minimum absolute atomic E-state index is 0.0642. The van der Waals surface area contributed by atoms with Gasteiger partial charge in [-0.05, 0) is 54.3 Å². The van der Waals surface area contributed by atoms with Gasteiger partial charge in [-0.2, -0.15) is 0 Å². The number of benzene rings is 3. The molecule has 0 bridgehead atoms. The highest BCUT2D eigenvalue weighted by atomic mass is 32.2. The van der Waals surface area contributed by atoms with Crippen LogP contribution < -0.4 is 14.8 Å². The highest BCUT2D eigenvalue weighted by Crippen LogP contribution is 2.14. The Hall–Kier alpha value is -3.16. The summed E-state index contributed by atoms with van der Waals surface area (Å²) in [7, 11) is -2.09. The average Bonchev–Trinajstić information content (AvgIpc) is 2.81. The predicted molar refractivity (Wildman–Crippen MR) is 121 cm³/mol. The largest absolute Gasteiger partial charge is 0.497 e. The van der Waals surface area contributed by atoms with Crippen molar-refractivity contribution in [1.82, 2.24) is 10.0 Å². The third-order valence-corrected chi connectivity index (χ3v) is 6.20. The monoisotopic (exact) mass is 438 g/mol. The van der Waals surface area contributed by atoms with Gasteiger partial charge in [0.2, 0.25) is 10.0 Å². The summed E-state index contributed by atoms with van der Waals surface area (Å²) < 4.78 is 32.9. The van der Waals surface area contributed by atoms with Gasteiger partial charge in [-0.1, -0.05) is 48.5 Å². The van der Waals surface area contributed by atoms with Crippen LogP contribution in [0.4, 0.5) is 0 Å². The maximum Gasteiger partial charge on any atom is 0.251 e. The summed E-state index contributed by atoms with van der Waals surface area (Å²) in [4.78, 5) is 12.5. The number of carbonyl (C=O) groups excluding carboxylic acids is 1. The lowest BCUT2D eigenvalue weighted by Crippen LogP contribution is -2.26. The second-order valence-corrected chi connectivity index (χ2v) is 8.81. The molecule has 6 nitrogen and oxygen atoms in total. The minimum Gasteiger partial charge on any atom is -0.497 e. The molecule has 7 heteroatoms. The van der Waals surface area contributed by atoms with Gasteiger partial charge in [0.15, 0.2) is 0 Å². The molecule has 0 atom stereocenters. The van der Waals surface area contributed by atoms with E-state index in [4.69, 9.17) is 4.74 Å². The zero-order chi connectivity index (χ0) is 22.1. The average molecular weight is 439 g/mol. The molecule has 0 saturated heterocycles. The molecule has 0 aliphatic heterocycles. The smallest absolute Gasteiger partial charge is 0.251 e. The second-order valence-electron chi connectivity index (χ2n) is 7.05.